The molecule has 0 saturated heterocycles. The van der Waals surface area contributed by atoms with Gasteiger partial charge in [-0.05, 0) is 34.1 Å². The first-order valence-corrected chi connectivity index (χ1v) is 8.79. The van der Waals surface area contributed by atoms with Crippen LogP contribution in [0.3, 0.4) is 0 Å². The zero-order chi connectivity index (χ0) is 18.7. The average molecular weight is 338 g/mol. The number of nitrogens with one attached hydrogen (secondary N) is 1. The molecule has 1 heterocycles. The number of hydrogen-bond acceptors (Lipinski definition) is 4. The van der Waals surface area contributed by atoms with E-state index in [9.17, 15) is 4.79 Å². The van der Waals surface area contributed by atoms with E-state index in [1.807, 2.05) is 50.5 Å². The number of rotatable bonds is 8. The highest BCUT2D eigenvalue weighted by atomic mass is 16.2. The second-order valence-electron chi connectivity index (χ2n) is 8.57. The van der Waals surface area contributed by atoms with Gasteiger partial charge in [0.2, 0.25) is 5.91 Å². The van der Waals surface area contributed by atoms with Gasteiger partial charge >= 0.3 is 0 Å². The van der Waals surface area contributed by atoms with Crippen molar-refractivity contribution < 1.29 is 4.79 Å². The Morgan fingerprint density at radius 2 is 1.83 bits per heavy atom. The van der Waals surface area contributed by atoms with Gasteiger partial charge in [-0.1, -0.05) is 32.9 Å². The van der Waals surface area contributed by atoms with E-state index < -0.39 is 5.41 Å². The Labute approximate surface area is 147 Å². The van der Waals surface area contributed by atoms with Crippen molar-refractivity contribution in [1.82, 2.24) is 25.2 Å². The maximum atomic E-state index is 12.8. The molecule has 0 aliphatic heterocycles. The van der Waals surface area contributed by atoms with E-state index in [4.69, 9.17) is 0 Å². The van der Waals surface area contributed by atoms with Crippen LogP contribution in [0, 0.1) is 5.41 Å². The van der Waals surface area contributed by atoms with E-state index in [0.29, 0.717) is 19.0 Å². The minimum Gasteiger partial charge on any atom is -0.343 e. The Balaban J connectivity index is 2.86. The van der Waals surface area contributed by atoms with Gasteiger partial charge < -0.3 is 10.2 Å². The van der Waals surface area contributed by atoms with E-state index in [2.05, 4.69) is 43.3 Å². The van der Waals surface area contributed by atoms with Crippen molar-refractivity contribution >= 4 is 5.91 Å². The summed E-state index contributed by atoms with van der Waals surface area (Å²) in [5.41, 5.74) is 0.158. The molecule has 6 heteroatoms. The molecule has 0 saturated carbocycles. The molecule has 0 unspecified atom stereocenters. The Bertz CT molecular complexity index is 545. The van der Waals surface area contributed by atoms with Crippen molar-refractivity contribution in [3.05, 3.63) is 11.9 Å². The van der Waals surface area contributed by atoms with Crippen LogP contribution in [0.15, 0.2) is 6.20 Å². The fourth-order valence-electron chi connectivity index (χ4n) is 2.93. The largest absolute Gasteiger partial charge is 0.343 e. The third kappa shape index (κ3) is 5.30. The van der Waals surface area contributed by atoms with Crippen LogP contribution in [0.5, 0.6) is 0 Å². The van der Waals surface area contributed by atoms with Gasteiger partial charge in [0.1, 0.15) is 0 Å². The summed E-state index contributed by atoms with van der Waals surface area (Å²) < 4.78 is 1.88. The number of nitrogens with zero attached hydrogens (tertiary/aromatic N) is 4. The lowest BCUT2D eigenvalue weighted by Gasteiger charge is -2.37. The lowest BCUT2D eigenvalue weighted by atomic mass is 9.79. The Hall–Kier alpha value is -1.43. The molecule has 0 aromatic carbocycles. The van der Waals surface area contributed by atoms with Crippen molar-refractivity contribution in [3.8, 4) is 0 Å². The van der Waals surface area contributed by atoms with Crippen LogP contribution in [0.1, 0.15) is 67.5 Å². The van der Waals surface area contributed by atoms with Gasteiger partial charge in [-0.25, -0.2) is 4.68 Å². The van der Waals surface area contributed by atoms with E-state index in [1.54, 1.807) is 0 Å². The summed E-state index contributed by atoms with van der Waals surface area (Å²) in [7, 11) is 1.87. The minimum absolute atomic E-state index is 0.160. The lowest BCUT2D eigenvalue weighted by Crippen LogP contribution is -2.45. The summed E-state index contributed by atoms with van der Waals surface area (Å²) in [6, 6.07) is 0.603. The second kappa shape index (κ2) is 7.64. The summed E-state index contributed by atoms with van der Waals surface area (Å²) in [5.74, 6) is 0.160. The number of carbonyl (C=O) groups excluding carboxylic acids is 1. The molecule has 1 amide bonds. The summed E-state index contributed by atoms with van der Waals surface area (Å²) in [4.78, 5) is 14.6. The van der Waals surface area contributed by atoms with E-state index in [0.717, 1.165) is 5.69 Å². The number of aromatic nitrogens is 3. The average Bonchev–Trinajstić information content (AvgIpc) is 2.92. The van der Waals surface area contributed by atoms with E-state index in [-0.39, 0.29) is 17.5 Å². The van der Waals surface area contributed by atoms with Crippen LogP contribution in [-0.4, -0.2) is 44.9 Å². The summed E-state index contributed by atoms with van der Waals surface area (Å²) in [5, 5.41) is 11.9. The molecule has 0 aliphatic rings. The lowest BCUT2D eigenvalue weighted by molar-refractivity contribution is -0.142. The summed E-state index contributed by atoms with van der Waals surface area (Å²) >= 11 is 0. The van der Waals surface area contributed by atoms with Gasteiger partial charge in [-0.2, -0.15) is 0 Å². The van der Waals surface area contributed by atoms with Gasteiger partial charge in [-0.3, -0.25) is 4.79 Å². The predicted molar refractivity (Wildman–Crippen MR) is 97.6 cm³/mol. The highest BCUT2D eigenvalue weighted by Crippen LogP contribution is 2.34. The number of amides is 1. The van der Waals surface area contributed by atoms with Crippen LogP contribution in [0.2, 0.25) is 0 Å². The highest BCUT2D eigenvalue weighted by molar-refractivity contribution is 5.82. The minimum atomic E-state index is -0.467. The third-order valence-corrected chi connectivity index (χ3v) is 4.40. The fourth-order valence-corrected chi connectivity index (χ4v) is 2.93. The molecule has 0 spiro atoms. The molecule has 1 aromatic rings. The predicted octanol–water partition coefficient (Wildman–Crippen LogP) is 2.79. The smallest absolute Gasteiger partial charge is 0.228 e. The molecule has 1 rings (SSSR count). The first-order valence-electron chi connectivity index (χ1n) is 8.79. The van der Waals surface area contributed by atoms with Crippen molar-refractivity contribution in [2.24, 2.45) is 5.41 Å². The highest BCUT2D eigenvalue weighted by Gasteiger charge is 2.38. The van der Waals surface area contributed by atoms with Crippen molar-refractivity contribution in [1.29, 1.82) is 0 Å². The van der Waals surface area contributed by atoms with Gasteiger partial charge in [0.25, 0.3) is 0 Å². The normalized spacial score (nSPS) is 13.0. The molecular formula is C18H35N5O. The van der Waals surface area contributed by atoms with Gasteiger partial charge in [0.15, 0.2) is 0 Å². The van der Waals surface area contributed by atoms with Crippen molar-refractivity contribution in [2.75, 3.05) is 7.05 Å². The van der Waals surface area contributed by atoms with Gasteiger partial charge in [0.05, 0.1) is 17.4 Å². The SMILES string of the molecule is CC(C)NCc1cn(C(C)(C)CC(C)(C)C(=O)N(C)C(C)C)nn1. The standard InChI is InChI=1S/C18H35N5O/c1-13(2)19-10-15-11-23(21-20-15)18(7,8)12-17(5,6)16(24)22(9)14(3)4/h11,13-14,19H,10,12H2,1-9H3. The monoisotopic (exact) mass is 337 g/mol. The summed E-state index contributed by atoms with van der Waals surface area (Å²) in [6.45, 7) is 17.2. The zero-order valence-electron chi connectivity index (χ0n) is 16.8. The molecule has 0 radical (unpaired) electrons. The topological polar surface area (TPSA) is 63.1 Å². The molecule has 24 heavy (non-hydrogen) atoms. The zero-order valence-corrected chi connectivity index (χ0v) is 16.8. The molecular weight excluding hydrogens is 302 g/mol. The van der Waals surface area contributed by atoms with Gasteiger partial charge in [0, 0.05) is 31.1 Å². The molecule has 0 aliphatic carbocycles. The summed E-state index contributed by atoms with van der Waals surface area (Å²) in [6.07, 6.45) is 2.67. The molecule has 0 bridgehead atoms. The molecule has 1 N–H and O–H groups in total. The molecule has 0 fully saturated rings. The number of hydrogen-bond donors (Lipinski definition) is 1. The van der Waals surface area contributed by atoms with E-state index in [1.165, 1.54) is 0 Å². The Kier molecular flexibility index (Phi) is 6.56. The van der Waals surface area contributed by atoms with Crippen LogP contribution < -0.4 is 5.32 Å². The first-order chi connectivity index (χ1) is 10.9. The van der Waals surface area contributed by atoms with Crippen LogP contribution in [-0.2, 0) is 16.9 Å². The van der Waals surface area contributed by atoms with Crippen molar-refractivity contribution in [2.45, 2.75) is 86.0 Å². The molecule has 6 nitrogen and oxygen atoms in total. The Morgan fingerprint density at radius 3 is 2.33 bits per heavy atom. The molecule has 1 aromatic heterocycles. The first kappa shape index (κ1) is 20.6. The Morgan fingerprint density at radius 1 is 1.25 bits per heavy atom. The number of carbonyl (C=O) groups is 1. The molecule has 138 valence electrons. The maximum Gasteiger partial charge on any atom is 0.228 e. The van der Waals surface area contributed by atoms with E-state index >= 15 is 0 Å². The maximum absolute atomic E-state index is 12.8. The van der Waals surface area contributed by atoms with Crippen LogP contribution >= 0.6 is 0 Å². The molecule has 0 atom stereocenters. The van der Waals surface area contributed by atoms with Crippen molar-refractivity contribution in [3.63, 3.8) is 0 Å². The fraction of sp³-hybridized carbons (Fsp3) is 0.833. The van der Waals surface area contributed by atoms with Crippen LogP contribution in [0.4, 0.5) is 0 Å². The quantitative estimate of drug-likeness (QED) is 0.792. The van der Waals surface area contributed by atoms with Gasteiger partial charge in [-0.15, -0.1) is 5.10 Å². The van der Waals surface area contributed by atoms with Crippen LogP contribution in [0.25, 0.3) is 0 Å². The third-order valence-electron chi connectivity index (χ3n) is 4.40. The second-order valence-corrected chi connectivity index (χ2v) is 8.57.